The highest BCUT2D eigenvalue weighted by Gasteiger charge is 2.25. The third-order valence-corrected chi connectivity index (χ3v) is 2.70. The fourth-order valence-electron chi connectivity index (χ4n) is 1.72. The van der Waals surface area contributed by atoms with Gasteiger partial charge >= 0.3 is 0 Å². The Morgan fingerprint density at radius 3 is 3.07 bits per heavy atom. The zero-order chi connectivity index (χ0) is 10.1. The van der Waals surface area contributed by atoms with E-state index in [0.717, 1.165) is 18.4 Å². The van der Waals surface area contributed by atoms with Gasteiger partial charge in [0.25, 0.3) is 5.24 Å². The Morgan fingerprint density at radius 2 is 2.43 bits per heavy atom. The molecule has 0 N–H and O–H groups in total. The molecule has 0 amide bonds. The maximum atomic E-state index is 11.1. The van der Waals surface area contributed by atoms with Crippen LogP contribution in [0, 0.1) is 0 Å². The Hall–Kier alpha value is -1.02. The number of carbonyl (C=O) groups excluding carboxylic acids is 1. The average molecular weight is 211 g/mol. The van der Waals surface area contributed by atoms with Crippen LogP contribution in [0.4, 0.5) is 0 Å². The van der Waals surface area contributed by atoms with Gasteiger partial charge in [-0.1, -0.05) is 19.1 Å². The summed E-state index contributed by atoms with van der Waals surface area (Å²) in [6.07, 6.45) is 2.02. The molecule has 0 spiro atoms. The molecule has 1 aliphatic heterocycles. The summed E-state index contributed by atoms with van der Waals surface area (Å²) in [6, 6.07) is 5.52. The predicted molar refractivity (Wildman–Crippen MR) is 55.0 cm³/mol. The molecule has 2 nitrogen and oxygen atoms in total. The highest BCUT2D eigenvalue weighted by Crippen LogP contribution is 2.34. The monoisotopic (exact) mass is 210 g/mol. The van der Waals surface area contributed by atoms with Crippen LogP contribution in [0.2, 0.25) is 0 Å². The number of carbonyl (C=O) groups is 1. The van der Waals surface area contributed by atoms with Gasteiger partial charge in [-0.25, -0.2) is 0 Å². The molecule has 74 valence electrons. The number of fused-ring (bicyclic) bond motifs is 1. The summed E-state index contributed by atoms with van der Waals surface area (Å²) in [5.74, 6) is 0.680. The van der Waals surface area contributed by atoms with Crippen molar-refractivity contribution in [1.29, 1.82) is 0 Å². The summed E-state index contributed by atoms with van der Waals surface area (Å²) >= 11 is 5.46. The normalized spacial score (nSPS) is 18.9. The fraction of sp³-hybridized carbons (Fsp3) is 0.364. The van der Waals surface area contributed by atoms with Gasteiger partial charge < -0.3 is 4.74 Å². The lowest BCUT2D eigenvalue weighted by Crippen LogP contribution is -2.10. The Bertz CT molecular complexity index is 374. The van der Waals surface area contributed by atoms with Crippen molar-refractivity contribution in [2.24, 2.45) is 0 Å². The Kier molecular flexibility index (Phi) is 2.46. The molecule has 0 bridgehead atoms. The molecule has 0 saturated heterocycles. The van der Waals surface area contributed by atoms with Crippen LogP contribution in [-0.4, -0.2) is 11.3 Å². The standard InChI is InChI=1S/C11H11ClO2/c1-2-8-6-7-4-3-5-9(11(12)13)10(7)14-8/h3-5,8H,2,6H2,1H3. The molecule has 1 heterocycles. The number of hydrogen-bond acceptors (Lipinski definition) is 2. The molecule has 1 aliphatic rings. The van der Waals surface area contributed by atoms with Crippen molar-refractivity contribution in [3.8, 4) is 5.75 Å². The van der Waals surface area contributed by atoms with Gasteiger partial charge in [-0.05, 0) is 29.7 Å². The van der Waals surface area contributed by atoms with E-state index in [1.54, 1.807) is 6.07 Å². The van der Waals surface area contributed by atoms with Crippen molar-refractivity contribution in [2.45, 2.75) is 25.9 Å². The molecular weight excluding hydrogens is 200 g/mol. The quantitative estimate of drug-likeness (QED) is 0.702. The number of rotatable bonds is 2. The van der Waals surface area contributed by atoms with E-state index in [1.807, 2.05) is 12.1 Å². The van der Waals surface area contributed by atoms with Crippen molar-refractivity contribution in [3.05, 3.63) is 29.3 Å². The summed E-state index contributed by atoms with van der Waals surface area (Å²) in [5, 5.41) is -0.446. The summed E-state index contributed by atoms with van der Waals surface area (Å²) in [5.41, 5.74) is 1.57. The lowest BCUT2D eigenvalue weighted by molar-refractivity contribution is 0.107. The number of benzene rings is 1. The second kappa shape index (κ2) is 3.62. The van der Waals surface area contributed by atoms with Gasteiger partial charge in [0.15, 0.2) is 0 Å². The zero-order valence-corrected chi connectivity index (χ0v) is 8.67. The van der Waals surface area contributed by atoms with Crippen molar-refractivity contribution in [1.82, 2.24) is 0 Å². The Morgan fingerprint density at radius 1 is 1.64 bits per heavy atom. The summed E-state index contributed by atoms with van der Waals surface area (Å²) in [7, 11) is 0. The van der Waals surface area contributed by atoms with Crippen LogP contribution in [0.3, 0.4) is 0 Å². The van der Waals surface area contributed by atoms with Gasteiger partial charge in [-0.15, -0.1) is 0 Å². The molecule has 0 fully saturated rings. The molecule has 0 radical (unpaired) electrons. The Labute approximate surface area is 87.8 Å². The molecule has 2 rings (SSSR count). The summed E-state index contributed by atoms with van der Waals surface area (Å²) < 4.78 is 5.64. The highest BCUT2D eigenvalue weighted by atomic mass is 35.5. The van der Waals surface area contributed by atoms with E-state index in [4.69, 9.17) is 16.3 Å². The molecule has 0 aliphatic carbocycles. The molecule has 1 unspecified atom stereocenters. The van der Waals surface area contributed by atoms with Crippen LogP contribution in [0.15, 0.2) is 18.2 Å². The van der Waals surface area contributed by atoms with Crippen LogP contribution < -0.4 is 4.74 Å². The van der Waals surface area contributed by atoms with Crippen molar-refractivity contribution in [3.63, 3.8) is 0 Å². The topological polar surface area (TPSA) is 26.3 Å². The molecule has 1 atom stereocenters. The minimum atomic E-state index is -0.446. The number of halogens is 1. The van der Waals surface area contributed by atoms with Gasteiger partial charge in [0.2, 0.25) is 0 Å². The van der Waals surface area contributed by atoms with Crippen molar-refractivity contribution < 1.29 is 9.53 Å². The fourth-order valence-corrected chi connectivity index (χ4v) is 1.87. The van der Waals surface area contributed by atoms with Crippen LogP contribution in [0.5, 0.6) is 5.75 Å². The van der Waals surface area contributed by atoms with E-state index in [-0.39, 0.29) is 6.10 Å². The lowest BCUT2D eigenvalue weighted by atomic mass is 10.1. The third kappa shape index (κ3) is 1.50. The minimum absolute atomic E-state index is 0.196. The van der Waals surface area contributed by atoms with Crippen LogP contribution >= 0.6 is 11.6 Å². The molecule has 0 saturated carbocycles. The van der Waals surface area contributed by atoms with E-state index < -0.39 is 5.24 Å². The van der Waals surface area contributed by atoms with Gasteiger partial charge in [0.1, 0.15) is 11.9 Å². The lowest BCUT2D eigenvalue weighted by Gasteiger charge is -2.07. The zero-order valence-electron chi connectivity index (χ0n) is 7.92. The first-order chi connectivity index (χ1) is 6.72. The minimum Gasteiger partial charge on any atom is -0.489 e. The summed E-state index contributed by atoms with van der Waals surface area (Å²) in [4.78, 5) is 11.1. The number of ether oxygens (including phenoxy) is 1. The highest BCUT2D eigenvalue weighted by molar-refractivity contribution is 6.68. The number of hydrogen-bond donors (Lipinski definition) is 0. The van der Waals surface area contributed by atoms with Gasteiger partial charge in [0, 0.05) is 6.42 Å². The molecular formula is C11H11ClO2. The molecule has 0 aromatic heterocycles. The first-order valence-corrected chi connectivity index (χ1v) is 5.08. The Balaban J connectivity index is 2.41. The largest absolute Gasteiger partial charge is 0.489 e. The van der Waals surface area contributed by atoms with E-state index in [0.29, 0.717) is 11.3 Å². The first-order valence-electron chi connectivity index (χ1n) is 4.70. The molecule has 14 heavy (non-hydrogen) atoms. The molecule has 3 heteroatoms. The van der Waals surface area contributed by atoms with E-state index >= 15 is 0 Å². The van der Waals surface area contributed by atoms with Gasteiger partial charge in [-0.2, -0.15) is 0 Å². The van der Waals surface area contributed by atoms with Gasteiger partial charge in [-0.3, -0.25) is 4.79 Å². The first kappa shape index (κ1) is 9.53. The van der Waals surface area contributed by atoms with E-state index in [9.17, 15) is 4.79 Å². The molecule has 1 aromatic rings. The van der Waals surface area contributed by atoms with Crippen LogP contribution in [0.1, 0.15) is 29.3 Å². The average Bonchev–Trinajstić information content (AvgIpc) is 2.59. The van der Waals surface area contributed by atoms with E-state index in [1.165, 1.54) is 0 Å². The number of para-hydroxylation sites is 1. The summed E-state index contributed by atoms with van der Waals surface area (Å²) in [6.45, 7) is 2.07. The molecule has 1 aromatic carbocycles. The third-order valence-electron chi connectivity index (χ3n) is 2.50. The predicted octanol–water partition coefficient (Wildman–Crippen LogP) is 2.78. The van der Waals surface area contributed by atoms with Crippen molar-refractivity contribution in [2.75, 3.05) is 0 Å². The van der Waals surface area contributed by atoms with Gasteiger partial charge in [0.05, 0.1) is 5.56 Å². The smallest absolute Gasteiger partial charge is 0.256 e. The second-order valence-electron chi connectivity index (χ2n) is 3.42. The SMILES string of the molecule is CCC1Cc2cccc(C(=O)Cl)c2O1. The maximum absolute atomic E-state index is 11.1. The van der Waals surface area contributed by atoms with Crippen LogP contribution in [-0.2, 0) is 6.42 Å². The van der Waals surface area contributed by atoms with E-state index in [2.05, 4.69) is 6.92 Å². The second-order valence-corrected chi connectivity index (χ2v) is 3.76. The van der Waals surface area contributed by atoms with Crippen LogP contribution in [0.25, 0.3) is 0 Å². The maximum Gasteiger partial charge on any atom is 0.256 e. The van der Waals surface area contributed by atoms with Crippen molar-refractivity contribution >= 4 is 16.8 Å².